The lowest BCUT2D eigenvalue weighted by Gasteiger charge is -2.31. The van der Waals surface area contributed by atoms with Gasteiger partial charge in [-0.25, -0.2) is 17.1 Å². The van der Waals surface area contributed by atoms with Crippen LogP contribution in [-0.2, 0) is 14.8 Å². The van der Waals surface area contributed by atoms with Gasteiger partial charge in [0, 0.05) is 25.6 Å². The van der Waals surface area contributed by atoms with E-state index in [0.717, 1.165) is 0 Å². The average Bonchev–Trinajstić information content (AvgIpc) is 2.61. The summed E-state index contributed by atoms with van der Waals surface area (Å²) >= 11 is 0. The van der Waals surface area contributed by atoms with E-state index in [4.69, 9.17) is 4.74 Å². The molecule has 1 aromatic carbocycles. The number of carbonyl (C=O) groups is 1. The molecule has 8 heteroatoms. The van der Waals surface area contributed by atoms with Crippen molar-refractivity contribution in [2.24, 2.45) is 0 Å². The first kappa shape index (κ1) is 19.7. The molecular formula is C17H25FN2O4S. The number of sulfonamides is 1. The van der Waals surface area contributed by atoms with Crippen LogP contribution in [0.3, 0.4) is 0 Å². The second-order valence-electron chi connectivity index (χ2n) is 6.05. The number of benzene rings is 1. The second kappa shape index (κ2) is 9.15. The Morgan fingerprint density at radius 3 is 2.52 bits per heavy atom. The van der Waals surface area contributed by atoms with Crippen molar-refractivity contribution in [2.75, 3.05) is 25.4 Å². The van der Waals surface area contributed by atoms with Crippen LogP contribution < -0.4 is 10.1 Å². The van der Waals surface area contributed by atoms with Crippen LogP contribution in [0.25, 0.3) is 0 Å². The van der Waals surface area contributed by atoms with E-state index in [-0.39, 0.29) is 23.5 Å². The number of hydrogen-bond acceptors (Lipinski definition) is 4. The molecule has 0 spiro atoms. The standard InChI is InChI=1S/C17H25FN2O4S/c1-2-25(22,23)20-11-9-15(10-12-20)19-17(21)4-3-13-24-16-7-5-14(18)6-8-16/h5-8,15H,2-4,9-13H2,1H3,(H,19,21). The fourth-order valence-electron chi connectivity index (χ4n) is 2.71. The van der Waals surface area contributed by atoms with E-state index in [1.807, 2.05) is 0 Å². The summed E-state index contributed by atoms with van der Waals surface area (Å²) in [6.07, 6.45) is 2.18. The Balaban J connectivity index is 1.62. The number of ether oxygens (including phenoxy) is 1. The number of carbonyl (C=O) groups excluding carboxylic acids is 1. The minimum atomic E-state index is -3.14. The maximum Gasteiger partial charge on any atom is 0.220 e. The average molecular weight is 372 g/mol. The summed E-state index contributed by atoms with van der Waals surface area (Å²) in [4.78, 5) is 12.0. The minimum Gasteiger partial charge on any atom is -0.494 e. The van der Waals surface area contributed by atoms with Gasteiger partial charge in [0.15, 0.2) is 0 Å². The third-order valence-corrected chi connectivity index (χ3v) is 6.09. The lowest BCUT2D eigenvalue weighted by molar-refractivity contribution is -0.122. The monoisotopic (exact) mass is 372 g/mol. The molecule has 1 N–H and O–H groups in total. The Labute approximate surface area is 148 Å². The molecule has 1 heterocycles. The third-order valence-electron chi connectivity index (χ3n) is 4.21. The molecule has 0 saturated carbocycles. The van der Waals surface area contributed by atoms with Crippen molar-refractivity contribution < 1.29 is 22.3 Å². The number of nitrogens with one attached hydrogen (secondary N) is 1. The van der Waals surface area contributed by atoms with Gasteiger partial charge in [-0.3, -0.25) is 4.79 Å². The number of amides is 1. The van der Waals surface area contributed by atoms with Crippen LogP contribution >= 0.6 is 0 Å². The molecule has 1 saturated heterocycles. The van der Waals surface area contributed by atoms with E-state index in [9.17, 15) is 17.6 Å². The molecule has 2 rings (SSSR count). The van der Waals surface area contributed by atoms with Crippen LogP contribution in [0.2, 0.25) is 0 Å². The molecule has 1 aliphatic heterocycles. The van der Waals surface area contributed by atoms with Crippen LogP contribution in [0.5, 0.6) is 5.75 Å². The van der Waals surface area contributed by atoms with Gasteiger partial charge >= 0.3 is 0 Å². The smallest absolute Gasteiger partial charge is 0.220 e. The van der Waals surface area contributed by atoms with E-state index in [1.54, 1.807) is 19.1 Å². The number of piperidine rings is 1. The molecule has 25 heavy (non-hydrogen) atoms. The first-order valence-corrected chi connectivity index (χ1v) is 10.2. The van der Waals surface area contributed by atoms with E-state index in [0.29, 0.717) is 51.1 Å². The van der Waals surface area contributed by atoms with Gasteiger partial charge in [-0.05, 0) is 50.5 Å². The van der Waals surface area contributed by atoms with Gasteiger partial charge in [-0.15, -0.1) is 0 Å². The molecule has 140 valence electrons. The summed E-state index contributed by atoms with van der Waals surface area (Å²) in [7, 11) is -3.14. The van der Waals surface area contributed by atoms with Crippen LogP contribution in [0.1, 0.15) is 32.6 Å². The molecule has 1 aromatic rings. The molecule has 0 bridgehead atoms. The Bertz CT molecular complexity index is 656. The minimum absolute atomic E-state index is 0.0221. The Morgan fingerprint density at radius 2 is 1.92 bits per heavy atom. The summed E-state index contributed by atoms with van der Waals surface area (Å²) in [5.41, 5.74) is 0. The van der Waals surface area contributed by atoms with Crippen LogP contribution in [0.4, 0.5) is 4.39 Å². The summed E-state index contributed by atoms with van der Waals surface area (Å²) in [5, 5.41) is 2.95. The number of rotatable bonds is 8. The molecule has 0 aliphatic carbocycles. The topological polar surface area (TPSA) is 75.7 Å². The first-order valence-electron chi connectivity index (χ1n) is 8.56. The van der Waals surface area contributed by atoms with Crippen LogP contribution in [0.15, 0.2) is 24.3 Å². The molecular weight excluding hydrogens is 347 g/mol. The quantitative estimate of drug-likeness (QED) is 0.708. The highest BCUT2D eigenvalue weighted by Crippen LogP contribution is 2.15. The van der Waals surface area contributed by atoms with Crippen LogP contribution in [0, 0.1) is 5.82 Å². The van der Waals surface area contributed by atoms with Crippen molar-refractivity contribution >= 4 is 15.9 Å². The number of halogens is 1. The maximum atomic E-state index is 12.8. The van der Waals surface area contributed by atoms with Crippen molar-refractivity contribution in [1.29, 1.82) is 0 Å². The normalized spacial score (nSPS) is 16.6. The van der Waals surface area contributed by atoms with E-state index in [2.05, 4.69) is 5.32 Å². The van der Waals surface area contributed by atoms with Crippen molar-refractivity contribution in [2.45, 2.75) is 38.6 Å². The lowest BCUT2D eigenvalue weighted by atomic mass is 10.1. The summed E-state index contributed by atoms with van der Waals surface area (Å²) in [6, 6.07) is 5.77. The highest BCUT2D eigenvalue weighted by Gasteiger charge is 2.27. The number of nitrogens with zero attached hydrogens (tertiary/aromatic N) is 1. The van der Waals surface area contributed by atoms with Crippen LogP contribution in [-0.4, -0.2) is 50.1 Å². The Hall–Kier alpha value is -1.67. The van der Waals surface area contributed by atoms with E-state index < -0.39 is 10.0 Å². The van der Waals surface area contributed by atoms with Crippen molar-refractivity contribution in [3.05, 3.63) is 30.1 Å². The Morgan fingerprint density at radius 1 is 1.28 bits per heavy atom. The maximum absolute atomic E-state index is 12.8. The largest absolute Gasteiger partial charge is 0.494 e. The van der Waals surface area contributed by atoms with Crippen molar-refractivity contribution in [1.82, 2.24) is 9.62 Å². The van der Waals surface area contributed by atoms with Gasteiger partial charge in [0.1, 0.15) is 11.6 Å². The molecule has 0 radical (unpaired) electrons. The van der Waals surface area contributed by atoms with Gasteiger partial charge in [-0.1, -0.05) is 0 Å². The third kappa shape index (κ3) is 6.28. The zero-order chi connectivity index (χ0) is 18.3. The Kier molecular flexibility index (Phi) is 7.19. The SMILES string of the molecule is CCS(=O)(=O)N1CCC(NC(=O)CCCOc2ccc(F)cc2)CC1. The molecule has 0 atom stereocenters. The molecule has 0 aromatic heterocycles. The predicted molar refractivity (Wildman–Crippen MR) is 93.3 cm³/mol. The van der Waals surface area contributed by atoms with Gasteiger partial charge in [0.2, 0.25) is 15.9 Å². The zero-order valence-electron chi connectivity index (χ0n) is 14.4. The fraction of sp³-hybridized carbons (Fsp3) is 0.588. The predicted octanol–water partition coefficient (Wildman–Crippen LogP) is 1.91. The van der Waals surface area contributed by atoms with Gasteiger partial charge in [0.25, 0.3) is 0 Å². The molecule has 0 unspecified atom stereocenters. The van der Waals surface area contributed by atoms with E-state index >= 15 is 0 Å². The number of hydrogen-bond donors (Lipinski definition) is 1. The molecule has 1 amide bonds. The molecule has 1 aliphatic rings. The van der Waals surface area contributed by atoms with Crippen molar-refractivity contribution in [3.8, 4) is 5.75 Å². The second-order valence-corrected chi connectivity index (χ2v) is 8.30. The highest BCUT2D eigenvalue weighted by atomic mass is 32.2. The zero-order valence-corrected chi connectivity index (χ0v) is 15.2. The van der Waals surface area contributed by atoms with Gasteiger partial charge in [-0.2, -0.15) is 0 Å². The fourth-order valence-corrected chi connectivity index (χ4v) is 3.85. The van der Waals surface area contributed by atoms with E-state index in [1.165, 1.54) is 16.4 Å². The van der Waals surface area contributed by atoms with Gasteiger partial charge < -0.3 is 10.1 Å². The van der Waals surface area contributed by atoms with Crippen molar-refractivity contribution in [3.63, 3.8) is 0 Å². The highest BCUT2D eigenvalue weighted by molar-refractivity contribution is 7.89. The lowest BCUT2D eigenvalue weighted by Crippen LogP contribution is -2.46. The summed E-state index contributed by atoms with van der Waals surface area (Å²) in [5.74, 6) is 0.313. The first-order chi connectivity index (χ1) is 11.9. The van der Waals surface area contributed by atoms with Gasteiger partial charge in [0.05, 0.1) is 12.4 Å². The summed E-state index contributed by atoms with van der Waals surface area (Å²) < 4.78 is 43.3. The molecule has 1 fully saturated rings. The molecule has 6 nitrogen and oxygen atoms in total. The summed E-state index contributed by atoms with van der Waals surface area (Å²) in [6.45, 7) is 2.92.